The van der Waals surface area contributed by atoms with Crippen molar-refractivity contribution in [3.8, 4) is 0 Å². The highest BCUT2D eigenvalue weighted by Crippen LogP contribution is 2.15. The highest BCUT2D eigenvalue weighted by atomic mass is 32.2. The van der Waals surface area contributed by atoms with Crippen LogP contribution >= 0.6 is 11.8 Å². The van der Waals surface area contributed by atoms with E-state index in [2.05, 4.69) is 4.99 Å². The monoisotopic (exact) mass is 226 g/mol. The molecule has 2 aliphatic rings. The van der Waals surface area contributed by atoms with Crippen LogP contribution in [-0.2, 0) is 9.53 Å². The molecule has 5 heteroatoms. The first-order valence-corrected chi connectivity index (χ1v) is 6.05. The Morgan fingerprint density at radius 3 is 2.93 bits per heavy atom. The van der Waals surface area contributed by atoms with Gasteiger partial charge < -0.3 is 9.64 Å². The van der Waals surface area contributed by atoms with Gasteiger partial charge in [-0.2, -0.15) is 0 Å². The van der Waals surface area contributed by atoms with Crippen molar-refractivity contribution in [2.24, 2.45) is 4.99 Å². The average molecular weight is 226 g/mol. The fourth-order valence-electron chi connectivity index (χ4n) is 1.58. The first-order valence-electron chi connectivity index (χ1n) is 5.00. The summed E-state index contributed by atoms with van der Waals surface area (Å²) in [4.78, 5) is 18.2. The van der Waals surface area contributed by atoms with Gasteiger partial charge in [-0.05, 0) is 12.3 Å². The SMILES string of the molecule is CC1=CSCC(=O)C(N2CCOCC2)=N1. The van der Waals surface area contributed by atoms with Gasteiger partial charge in [0.2, 0.25) is 5.78 Å². The Labute approximate surface area is 93.4 Å². The first-order chi connectivity index (χ1) is 7.27. The van der Waals surface area contributed by atoms with Crippen molar-refractivity contribution in [3.63, 3.8) is 0 Å². The number of rotatable bonds is 0. The standard InChI is InChI=1S/C10H14N2O2S/c1-8-6-15-7-9(13)10(11-8)12-2-4-14-5-3-12/h6H,2-5,7H2,1H3. The molecule has 0 aliphatic carbocycles. The van der Waals surface area contributed by atoms with Gasteiger partial charge in [0.15, 0.2) is 5.84 Å². The number of amidine groups is 1. The number of morpholine rings is 1. The second kappa shape index (κ2) is 4.81. The molecule has 2 aliphatic heterocycles. The molecule has 82 valence electrons. The Bertz CT molecular complexity index is 319. The van der Waals surface area contributed by atoms with Gasteiger partial charge in [0.1, 0.15) is 0 Å². The number of nitrogens with zero attached hydrogens (tertiary/aromatic N) is 2. The van der Waals surface area contributed by atoms with E-state index in [-0.39, 0.29) is 5.78 Å². The van der Waals surface area contributed by atoms with Crippen molar-refractivity contribution < 1.29 is 9.53 Å². The third-order valence-electron chi connectivity index (χ3n) is 2.31. The molecule has 2 rings (SSSR count). The number of ether oxygens (including phenoxy) is 1. The highest BCUT2D eigenvalue weighted by molar-refractivity contribution is 8.02. The zero-order valence-electron chi connectivity index (χ0n) is 8.73. The molecule has 0 unspecified atom stereocenters. The lowest BCUT2D eigenvalue weighted by atomic mass is 10.3. The van der Waals surface area contributed by atoms with E-state index in [9.17, 15) is 4.79 Å². The van der Waals surface area contributed by atoms with Gasteiger partial charge in [-0.3, -0.25) is 4.79 Å². The number of hydrogen-bond acceptors (Lipinski definition) is 5. The maximum Gasteiger partial charge on any atom is 0.208 e. The summed E-state index contributed by atoms with van der Waals surface area (Å²) in [7, 11) is 0. The maximum atomic E-state index is 11.8. The molecule has 0 saturated carbocycles. The Hall–Kier alpha value is -0.810. The molecule has 0 aromatic rings. The van der Waals surface area contributed by atoms with Crippen LogP contribution < -0.4 is 0 Å². The molecule has 0 radical (unpaired) electrons. The zero-order chi connectivity index (χ0) is 10.7. The lowest BCUT2D eigenvalue weighted by Gasteiger charge is -2.28. The van der Waals surface area contributed by atoms with Gasteiger partial charge in [-0.1, -0.05) is 0 Å². The minimum Gasteiger partial charge on any atom is -0.378 e. The van der Waals surface area contributed by atoms with Crippen LogP contribution in [0.15, 0.2) is 16.1 Å². The number of carbonyl (C=O) groups excluding carboxylic acids is 1. The Kier molecular flexibility index (Phi) is 3.43. The third-order valence-corrected chi connectivity index (χ3v) is 3.25. The Balaban J connectivity index is 2.16. The van der Waals surface area contributed by atoms with E-state index in [1.807, 2.05) is 17.2 Å². The van der Waals surface area contributed by atoms with Gasteiger partial charge in [0.25, 0.3) is 0 Å². The number of carbonyl (C=O) groups is 1. The smallest absolute Gasteiger partial charge is 0.208 e. The summed E-state index contributed by atoms with van der Waals surface area (Å²) in [5.74, 6) is 1.22. The van der Waals surface area contributed by atoms with E-state index in [0.29, 0.717) is 24.8 Å². The van der Waals surface area contributed by atoms with E-state index >= 15 is 0 Å². The van der Waals surface area contributed by atoms with Crippen LogP contribution in [-0.4, -0.2) is 48.6 Å². The van der Waals surface area contributed by atoms with Crippen molar-refractivity contribution in [2.45, 2.75) is 6.92 Å². The molecule has 0 atom stereocenters. The van der Waals surface area contributed by atoms with Gasteiger partial charge in [0.05, 0.1) is 19.0 Å². The molecule has 4 nitrogen and oxygen atoms in total. The summed E-state index contributed by atoms with van der Waals surface area (Å²) in [6, 6.07) is 0. The van der Waals surface area contributed by atoms with Crippen molar-refractivity contribution in [2.75, 3.05) is 32.1 Å². The molecular formula is C10H14N2O2S. The summed E-state index contributed by atoms with van der Waals surface area (Å²) >= 11 is 1.52. The van der Waals surface area contributed by atoms with Gasteiger partial charge in [-0.25, -0.2) is 4.99 Å². The van der Waals surface area contributed by atoms with Crippen molar-refractivity contribution in [1.82, 2.24) is 4.90 Å². The van der Waals surface area contributed by atoms with Crippen LogP contribution in [0.5, 0.6) is 0 Å². The number of hydrogen-bond donors (Lipinski definition) is 0. The largest absolute Gasteiger partial charge is 0.378 e. The van der Waals surface area contributed by atoms with Gasteiger partial charge in [-0.15, -0.1) is 11.8 Å². The number of aliphatic imine (C=N–C) groups is 1. The summed E-state index contributed by atoms with van der Waals surface area (Å²) in [6.45, 7) is 4.82. The van der Waals surface area contributed by atoms with Crippen LogP contribution in [0, 0.1) is 0 Å². The normalized spacial score (nSPS) is 23.3. The van der Waals surface area contributed by atoms with Crippen molar-refractivity contribution >= 4 is 23.4 Å². The van der Waals surface area contributed by atoms with E-state index in [0.717, 1.165) is 18.8 Å². The summed E-state index contributed by atoms with van der Waals surface area (Å²) in [6.07, 6.45) is 0. The zero-order valence-corrected chi connectivity index (χ0v) is 9.55. The maximum absolute atomic E-state index is 11.8. The highest BCUT2D eigenvalue weighted by Gasteiger charge is 2.22. The lowest BCUT2D eigenvalue weighted by Crippen LogP contribution is -2.44. The summed E-state index contributed by atoms with van der Waals surface area (Å²) < 4.78 is 5.26. The minimum absolute atomic E-state index is 0.120. The molecule has 0 amide bonds. The fraction of sp³-hybridized carbons (Fsp3) is 0.600. The molecule has 0 aromatic carbocycles. The molecule has 0 N–H and O–H groups in total. The van der Waals surface area contributed by atoms with E-state index in [4.69, 9.17) is 4.74 Å². The fourth-order valence-corrected chi connectivity index (χ4v) is 2.24. The number of ketones is 1. The number of thioether (sulfide) groups is 1. The minimum atomic E-state index is 0.120. The van der Waals surface area contributed by atoms with E-state index < -0.39 is 0 Å². The molecular weight excluding hydrogens is 212 g/mol. The molecule has 0 aromatic heterocycles. The average Bonchev–Trinajstić information content (AvgIpc) is 2.42. The quantitative estimate of drug-likeness (QED) is 0.615. The molecule has 2 heterocycles. The molecule has 1 saturated heterocycles. The van der Waals surface area contributed by atoms with E-state index in [1.54, 1.807) is 0 Å². The first kappa shape index (κ1) is 10.7. The summed E-state index contributed by atoms with van der Waals surface area (Å²) in [5.41, 5.74) is 0.910. The Morgan fingerprint density at radius 2 is 2.20 bits per heavy atom. The van der Waals surface area contributed by atoms with Gasteiger partial charge >= 0.3 is 0 Å². The van der Waals surface area contributed by atoms with Crippen LogP contribution in [0.1, 0.15) is 6.92 Å². The number of allylic oxidation sites excluding steroid dienone is 1. The molecule has 1 fully saturated rings. The predicted molar refractivity (Wildman–Crippen MR) is 61.0 cm³/mol. The predicted octanol–water partition coefficient (Wildman–Crippen LogP) is 0.894. The summed E-state index contributed by atoms with van der Waals surface area (Å²) in [5, 5.41) is 1.94. The number of Topliss-reactive ketones (excluding diaryl/α,β-unsaturated/α-hetero) is 1. The van der Waals surface area contributed by atoms with Crippen LogP contribution in [0.4, 0.5) is 0 Å². The molecule has 0 spiro atoms. The molecule has 15 heavy (non-hydrogen) atoms. The van der Waals surface area contributed by atoms with Crippen LogP contribution in [0.3, 0.4) is 0 Å². The van der Waals surface area contributed by atoms with Crippen LogP contribution in [0.2, 0.25) is 0 Å². The molecule has 0 bridgehead atoms. The van der Waals surface area contributed by atoms with E-state index in [1.165, 1.54) is 11.8 Å². The Morgan fingerprint density at radius 1 is 1.47 bits per heavy atom. The topological polar surface area (TPSA) is 41.9 Å². The van der Waals surface area contributed by atoms with Gasteiger partial charge in [0, 0.05) is 18.8 Å². The second-order valence-corrected chi connectivity index (χ2v) is 4.39. The van der Waals surface area contributed by atoms with Crippen molar-refractivity contribution in [3.05, 3.63) is 11.1 Å². The van der Waals surface area contributed by atoms with Crippen LogP contribution in [0.25, 0.3) is 0 Å². The second-order valence-electron chi connectivity index (χ2n) is 3.53. The third kappa shape index (κ3) is 2.60. The lowest BCUT2D eigenvalue weighted by molar-refractivity contribution is -0.111. The van der Waals surface area contributed by atoms with Crippen molar-refractivity contribution in [1.29, 1.82) is 0 Å².